The minimum atomic E-state index is 0.0576. The quantitative estimate of drug-likeness (QED) is 0.531. The highest BCUT2D eigenvalue weighted by Crippen LogP contribution is 2.70. The molecule has 3 aliphatic carbocycles. The predicted octanol–water partition coefficient (Wildman–Crippen LogP) is 2.70. The molecule has 120 valence electrons. The van der Waals surface area contributed by atoms with Gasteiger partial charge in [-0.05, 0) is 57.3 Å². The van der Waals surface area contributed by atoms with E-state index in [1.807, 2.05) is 23.5 Å². The fraction of sp³-hybridized carbons (Fsp3) is 0.938. The number of hydrogen-bond acceptors (Lipinski definition) is 4. The third kappa shape index (κ3) is 2.98. The zero-order valence-electron chi connectivity index (χ0n) is 13.2. The minimum Gasteiger partial charge on any atom is -0.355 e. The molecule has 0 aromatic carbocycles. The molecule has 21 heavy (non-hydrogen) atoms. The van der Waals surface area contributed by atoms with Crippen molar-refractivity contribution in [2.45, 2.75) is 43.6 Å². The van der Waals surface area contributed by atoms with Crippen molar-refractivity contribution in [3.05, 3.63) is 0 Å². The lowest BCUT2D eigenvalue weighted by molar-refractivity contribution is -0.148. The van der Waals surface area contributed by atoms with Gasteiger partial charge in [-0.15, -0.1) is 23.5 Å². The topological polar surface area (TPSA) is 55.1 Å². The molecule has 0 aromatic heterocycles. The SMILES string of the molecule is CC(C)(SCCN)SCCNC(=O)C12CC3CC(C1)C2C3. The third-order valence-electron chi connectivity index (χ3n) is 5.64. The molecule has 0 radical (unpaired) electrons. The van der Waals surface area contributed by atoms with Gasteiger partial charge in [0, 0.05) is 24.6 Å². The van der Waals surface area contributed by atoms with Crippen LogP contribution in [0.1, 0.15) is 39.5 Å². The van der Waals surface area contributed by atoms with Gasteiger partial charge in [0.2, 0.25) is 5.91 Å². The van der Waals surface area contributed by atoms with Crippen LogP contribution in [-0.2, 0) is 4.79 Å². The Morgan fingerprint density at radius 1 is 1.29 bits per heavy atom. The van der Waals surface area contributed by atoms with Crippen LogP contribution in [0.4, 0.5) is 0 Å². The molecule has 5 heteroatoms. The second-order valence-electron chi connectivity index (χ2n) is 7.41. The zero-order chi connectivity index (χ0) is 15.1. The summed E-state index contributed by atoms with van der Waals surface area (Å²) in [6, 6.07) is 0. The van der Waals surface area contributed by atoms with Gasteiger partial charge in [-0.2, -0.15) is 0 Å². The van der Waals surface area contributed by atoms with E-state index in [0.717, 1.165) is 42.3 Å². The standard InChI is InChI=1S/C16H28N2OS2/c1-15(2,20-5-3-17)21-6-4-18-14(19)16-9-11-7-12(10-16)13(16)8-11/h11-13H,3-10,17H2,1-2H3,(H,18,19). The number of nitrogens with one attached hydrogen (secondary N) is 1. The van der Waals surface area contributed by atoms with E-state index in [1.165, 1.54) is 25.7 Å². The van der Waals surface area contributed by atoms with Crippen molar-refractivity contribution in [1.82, 2.24) is 5.32 Å². The van der Waals surface area contributed by atoms with Crippen molar-refractivity contribution in [2.75, 3.05) is 24.6 Å². The number of carbonyl (C=O) groups is 1. The van der Waals surface area contributed by atoms with E-state index in [1.54, 1.807) is 0 Å². The first kappa shape index (κ1) is 16.0. The first-order valence-electron chi connectivity index (χ1n) is 8.23. The molecular formula is C16H28N2OS2. The van der Waals surface area contributed by atoms with Crippen molar-refractivity contribution < 1.29 is 4.79 Å². The Morgan fingerprint density at radius 3 is 2.67 bits per heavy atom. The summed E-state index contributed by atoms with van der Waals surface area (Å²) in [6.07, 6.45) is 5.08. The summed E-state index contributed by atoms with van der Waals surface area (Å²) in [7, 11) is 0. The maximum atomic E-state index is 12.5. The number of fused-ring (bicyclic) bond motifs is 1. The van der Waals surface area contributed by atoms with Crippen LogP contribution in [0.5, 0.6) is 0 Å². The molecule has 0 heterocycles. The Bertz CT molecular complexity index is 415. The van der Waals surface area contributed by atoms with Gasteiger partial charge < -0.3 is 11.1 Å². The largest absolute Gasteiger partial charge is 0.355 e. The van der Waals surface area contributed by atoms with E-state index in [9.17, 15) is 4.79 Å². The molecule has 3 nitrogen and oxygen atoms in total. The van der Waals surface area contributed by atoms with Crippen LogP contribution in [-0.4, -0.2) is 34.6 Å². The van der Waals surface area contributed by atoms with Gasteiger partial charge >= 0.3 is 0 Å². The predicted molar refractivity (Wildman–Crippen MR) is 92.4 cm³/mol. The second-order valence-corrected chi connectivity index (χ2v) is 11.1. The third-order valence-corrected chi connectivity index (χ3v) is 8.58. The van der Waals surface area contributed by atoms with Gasteiger partial charge in [0.15, 0.2) is 0 Å². The minimum absolute atomic E-state index is 0.0576. The molecule has 0 saturated heterocycles. The van der Waals surface area contributed by atoms with Gasteiger partial charge in [0.25, 0.3) is 0 Å². The van der Waals surface area contributed by atoms with Gasteiger partial charge in [0.05, 0.1) is 9.49 Å². The molecule has 3 saturated carbocycles. The summed E-state index contributed by atoms with van der Waals surface area (Å²) in [5.41, 5.74) is 5.62. The van der Waals surface area contributed by atoms with Crippen molar-refractivity contribution in [3.63, 3.8) is 0 Å². The number of nitrogens with two attached hydrogens (primary N) is 1. The molecule has 3 N–H and O–H groups in total. The van der Waals surface area contributed by atoms with Gasteiger partial charge in [-0.3, -0.25) is 4.79 Å². The molecule has 2 bridgehead atoms. The molecule has 3 aliphatic rings. The number of amides is 1. The van der Waals surface area contributed by atoms with E-state index in [-0.39, 0.29) is 9.49 Å². The molecule has 3 fully saturated rings. The first-order valence-corrected chi connectivity index (χ1v) is 10.2. The van der Waals surface area contributed by atoms with Crippen molar-refractivity contribution in [3.8, 4) is 0 Å². The van der Waals surface area contributed by atoms with Gasteiger partial charge in [0.1, 0.15) is 0 Å². The number of rotatable bonds is 8. The smallest absolute Gasteiger partial charge is 0.226 e. The number of hydrogen-bond donors (Lipinski definition) is 2. The van der Waals surface area contributed by atoms with E-state index in [2.05, 4.69) is 19.2 Å². The maximum absolute atomic E-state index is 12.5. The Balaban J connectivity index is 1.38. The molecule has 4 unspecified atom stereocenters. The van der Waals surface area contributed by atoms with Crippen LogP contribution in [0, 0.1) is 23.2 Å². The summed E-state index contributed by atoms with van der Waals surface area (Å²) < 4.78 is 0.191. The Morgan fingerprint density at radius 2 is 2.05 bits per heavy atom. The lowest BCUT2D eigenvalue weighted by atomic mass is 9.52. The maximum Gasteiger partial charge on any atom is 0.226 e. The average Bonchev–Trinajstić information content (AvgIpc) is 2.92. The van der Waals surface area contributed by atoms with E-state index in [4.69, 9.17) is 5.73 Å². The first-order chi connectivity index (χ1) is 9.97. The van der Waals surface area contributed by atoms with Crippen molar-refractivity contribution in [2.24, 2.45) is 28.9 Å². The van der Waals surface area contributed by atoms with Crippen LogP contribution < -0.4 is 11.1 Å². The molecule has 0 aliphatic heterocycles. The van der Waals surface area contributed by atoms with Crippen LogP contribution in [0.2, 0.25) is 0 Å². The highest BCUT2D eigenvalue weighted by Gasteiger charge is 2.67. The van der Waals surface area contributed by atoms with E-state index in [0.29, 0.717) is 5.91 Å². The Kier molecular flexibility index (Phi) is 4.55. The molecule has 0 aromatic rings. The Labute approximate surface area is 136 Å². The fourth-order valence-electron chi connectivity index (χ4n) is 4.86. The lowest BCUT2D eigenvalue weighted by Gasteiger charge is -2.52. The van der Waals surface area contributed by atoms with Gasteiger partial charge in [-0.1, -0.05) is 0 Å². The highest BCUT2D eigenvalue weighted by atomic mass is 32.2. The van der Waals surface area contributed by atoms with Crippen LogP contribution in [0.25, 0.3) is 0 Å². The molecule has 3 rings (SSSR count). The van der Waals surface area contributed by atoms with E-state index >= 15 is 0 Å². The fourth-order valence-corrected chi connectivity index (χ4v) is 6.99. The van der Waals surface area contributed by atoms with E-state index < -0.39 is 0 Å². The van der Waals surface area contributed by atoms with Crippen LogP contribution in [0.15, 0.2) is 0 Å². The highest BCUT2D eigenvalue weighted by molar-refractivity contribution is 8.18. The molecular weight excluding hydrogens is 300 g/mol. The number of thioether (sulfide) groups is 2. The molecule has 0 spiro atoms. The van der Waals surface area contributed by atoms with Crippen LogP contribution >= 0.6 is 23.5 Å². The normalized spacial score (nSPS) is 36.6. The Hall–Kier alpha value is 0.130. The summed E-state index contributed by atoms with van der Waals surface area (Å²) >= 11 is 3.83. The van der Waals surface area contributed by atoms with Crippen LogP contribution in [0.3, 0.4) is 0 Å². The van der Waals surface area contributed by atoms with Crippen molar-refractivity contribution in [1.29, 1.82) is 0 Å². The lowest BCUT2D eigenvalue weighted by Crippen LogP contribution is -2.55. The second kappa shape index (κ2) is 5.97. The van der Waals surface area contributed by atoms with Crippen molar-refractivity contribution >= 4 is 29.4 Å². The monoisotopic (exact) mass is 328 g/mol. The van der Waals surface area contributed by atoms with Gasteiger partial charge in [-0.25, -0.2) is 0 Å². The molecule has 4 atom stereocenters. The summed E-state index contributed by atoms with van der Waals surface area (Å²) in [5.74, 6) is 4.82. The molecule has 1 amide bonds. The average molecular weight is 329 g/mol. The number of carbonyl (C=O) groups excluding carboxylic acids is 1. The summed E-state index contributed by atoms with van der Waals surface area (Å²) in [4.78, 5) is 12.5. The summed E-state index contributed by atoms with van der Waals surface area (Å²) in [6.45, 7) is 6.02. The zero-order valence-corrected chi connectivity index (χ0v) is 14.8. The summed E-state index contributed by atoms with van der Waals surface area (Å²) in [5, 5.41) is 3.22.